The van der Waals surface area contributed by atoms with E-state index in [2.05, 4.69) is 135 Å². The molecular weight excluding hydrogens is 535 g/mol. The lowest BCUT2D eigenvalue weighted by Gasteiger charge is -2.46. The molecule has 2 rings (SSSR count). The molecule has 4 heteroatoms. The van der Waals surface area contributed by atoms with Crippen molar-refractivity contribution in [2.24, 2.45) is 5.92 Å². The average Bonchev–Trinajstić information content (AvgIpc) is 2.78. The summed E-state index contributed by atoms with van der Waals surface area (Å²) in [4.78, 5) is 36.4. The van der Waals surface area contributed by atoms with Crippen molar-refractivity contribution in [3.05, 3.63) is 68.8 Å². The fourth-order valence-electron chi connectivity index (χ4n) is 6.87. The number of unbranched alkanes of at least 4 members (excludes halogenated alkanes) is 1. The van der Waals surface area contributed by atoms with Gasteiger partial charge in [0.1, 0.15) is 0 Å². The molecule has 0 saturated heterocycles. The average molecular weight is 600 g/mol. The van der Waals surface area contributed by atoms with E-state index in [1.165, 1.54) is 11.1 Å². The third-order valence-corrected chi connectivity index (χ3v) is 11.0. The summed E-state index contributed by atoms with van der Waals surface area (Å²) < 4.78 is 0. The minimum atomic E-state index is -4.57. The van der Waals surface area contributed by atoms with E-state index in [9.17, 15) is 14.7 Å². The molecule has 3 N–H and O–H groups in total. The molecule has 0 aliphatic carbocycles. The molecule has 2 aromatic carbocycles. The van der Waals surface area contributed by atoms with Crippen LogP contribution in [0.3, 0.4) is 0 Å². The van der Waals surface area contributed by atoms with Crippen LogP contribution in [0.2, 0.25) is 0 Å². The third kappa shape index (κ3) is 7.17. The minimum absolute atomic E-state index is 0.0803. The molecular formula is C38H64O3P+. The lowest BCUT2D eigenvalue weighted by molar-refractivity contribution is 0.240. The maximum atomic E-state index is 12.1. The highest BCUT2D eigenvalue weighted by atomic mass is 31.2. The van der Waals surface area contributed by atoms with Crippen LogP contribution in [0.1, 0.15) is 167 Å². The van der Waals surface area contributed by atoms with Crippen LogP contribution in [0.5, 0.6) is 0 Å². The second kappa shape index (κ2) is 12.3. The van der Waals surface area contributed by atoms with Gasteiger partial charge in [0.15, 0.2) is 0 Å². The summed E-state index contributed by atoms with van der Waals surface area (Å²) in [5, 5.41) is -1.37. The van der Waals surface area contributed by atoms with Gasteiger partial charge in [0, 0.05) is 17.0 Å². The smallest absolute Gasteiger partial charge is 0.192 e. The molecule has 0 aliphatic heterocycles. The highest BCUT2D eigenvalue weighted by Crippen LogP contribution is 2.74. The zero-order valence-corrected chi connectivity index (χ0v) is 30.9. The Morgan fingerprint density at radius 1 is 0.595 bits per heavy atom. The van der Waals surface area contributed by atoms with Crippen molar-refractivity contribution in [3.63, 3.8) is 0 Å². The van der Waals surface area contributed by atoms with E-state index in [-0.39, 0.29) is 27.6 Å². The van der Waals surface area contributed by atoms with Gasteiger partial charge >= 0.3 is 7.94 Å². The van der Waals surface area contributed by atoms with E-state index in [1.54, 1.807) is 0 Å². The Balaban J connectivity index is 3.49. The number of hydrogen-bond donors (Lipinski definition) is 3. The van der Waals surface area contributed by atoms with Crippen LogP contribution in [0, 0.1) is 19.8 Å². The van der Waals surface area contributed by atoms with E-state index >= 15 is 0 Å². The van der Waals surface area contributed by atoms with Gasteiger partial charge in [-0.05, 0) is 81.7 Å². The van der Waals surface area contributed by atoms with Gasteiger partial charge in [-0.25, -0.2) is 0 Å². The zero-order valence-electron chi connectivity index (χ0n) is 30.0. The molecule has 2 aromatic rings. The largest absolute Gasteiger partial charge is 0.419 e. The highest BCUT2D eigenvalue weighted by Gasteiger charge is 2.67. The van der Waals surface area contributed by atoms with Gasteiger partial charge in [-0.2, -0.15) is 14.7 Å². The Morgan fingerprint density at radius 2 is 0.952 bits per heavy atom. The van der Waals surface area contributed by atoms with Gasteiger partial charge < -0.3 is 0 Å². The molecule has 0 spiro atoms. The van der Waals surface area contributed by atoms with Crippen molar-refractivity contribution >= 4 is 7.94 Å². The Morgan fingerprint density at radius 3 is 1.19 bits per heavy atom. The van der Waals surface area contributed by atoms with Crippen LogP contribution >= 0.6 is 7.94 Å². The van der Waals surface area contributed by atoms with Gasteiger partial charge in [0.2, 0.25) is 5.16 Å². The first kappa shape index (κ1) is 36.9. The van der Waals surface area contributed by atoms with Crippen LogP contribution in [-0.2, 0) is 26.8 Å². The molecule has 0 aliphatic rings. The van der Waals surface area contributed by atoms with Crippen molar-refractivity contribution in [1.29, 1.82) is 0 Å². The number of benzene rings is 2. The van der Waals surface area contributed by atoms with Crippen LogP contribution in [0.15, 0.2) is 24.3 Å². The second-order valence-corrected chi connectivity index (χ2v) is 18.9. The lowest BCUT2D eigenvalue weighted by atomic mass is 9.64. The first-order chi connectivity index (χ1) is 18.8. The van der Waals surface area contributed by atoms with Gasteiger partial charge in [-0.1, -0.05) is 134 Å². The van der Waals surface area contributed by atoms with E-state index in [0.29, 0.717) is 0 Å². The van der Waals surface area contributed by atoms with E-state index in [1.807, 2.05) is 0 Å². The van der Waals surface area contributed by atoms with Crippen LogP contribution in [0.25, 0.3) is 0 Å². The topological polar surface area (TPSA) is 60.7 Å². The number of hydrogen-bond acceptors (Lipinski definition) is 3. The molecule has 0 bridgehead atoms. The molecule has 1 unspecified atom stereocenters. The fraction of sp³-hybridized carbons (Fsp3) is 0.684. The fourth-order valence-corrected chi connectivity index (χ4v) is 8.87. The van der Waals surface area contributed by atoms with E-state index < -0.39 is 13.1 Å². The first-order valence-electron chi connectivity index (χ1n) is 16.2. The predicted octanol–water partition coefficient (Wildman–Crippen LogP) is 10.7. The second-order valence-electron chi connectivity index (χ2n) is 17.0. The van der Waals surface area contributed by atoms with E-state index in [0.717, 1.165) is 59.1 Å². The predicted molar refractivity (Wildman–Crippen MR) is 185 cm³/mol. The Labute approximate surface area is 260 Å². The van der Waals surface area contributed by atoms with Crippen molar-refractivity contribution < 1.29 is 14.7 Å². The quantitative estimate of drug-likeness (QED) is 0.265. The summed E-state index contributed by atoms with van der Waals surface area (Å²) in [6, 6.07) is 9.04. The van der Waals surface area contributed by atoms with Crippen LogP contribution in [0.4, 0.5) is 0 Å². The highest BCUT2D eigenvalue weighted by molar-refractivity contribution is 7.60. The molecule has 0 aromatic heterocycles. The van der Waals surface area contributed by atoms with Crippen LogP contribution < -0.4 is 0 Å². The molecule has 0 amide bonds. The zero-order chi connectivity index (χ0) is 32.9. The van der Waals surface area contributed by atoms with E-state index in [4.69, 9.17) is 0 Å². The van der Waals surface area contributed by atoms with Crippen LogP contribution in [-0.4, -0.2) is 14.7 Å². The van der Waals surface area contributed by atoms with Crippen molar-refractivity contribution in [2.45, 2.75) is 163 Å². The summed E-state index contributed by atoms with van der Waals surface area (Å²) in [6.45, 7) is 35.2. The maximum Gasteiger partial charge on any atom is 0.419 e. The first-order valence-corrected chi connectivity index (χ1v) is 17.8. The number of rotatable bonds is 8. The molecule has 0 heterocycles. The summed E-state index contributed by atoms with van der Waals surface area (Å²) in [5.74, 6) is -0.175. The van der Waals surface area contributed by atoms with Crippen molar-refractivity contribution in [2.75, 3.05) is 0 Å². The lowest BCUT2D eigenvalue weighted by Crippen LogP contribution is -2.44. The number of aryl methyl sites for hydroxylation is 2. The molecule has 1 atom stereocenters. The molecule has 0 radical (unpaired) electrons. The minimum Gasteiger partial charge on any atom is -0.192 e. The summed E-state index contributed by atoms with van der Waals surface area (Å²) in [6.07, 6.45) is 3.47. The van der Waals surface area contributed by atoms with Gasteiger partial charge in [0.05, 0.1) is 0 Å². The standard InChI is InChI=1S/C38H64O3P/c1-17-19-20-27(18-2)38(42(39,40)41,32-25(3)21-28(34(5,6)7)23-30(32)36(11,12)13)33-26(4)22-29(35(8,9)10)24-31(33)37(14,15)16/h21-24,27,39-41H,17-20H2,1-16H3/q+1. The molecule has 42 heavy (non-hydrogen) atoms. The molecule has 0 fully saturated rings. The Hall–Kier alpha value is -1.25. The van der Waals surface area contributed by atoms with Gasteiger partial charge in [-0.3, -0.25) is 0 Å². The Kier molecular flexibility index (Phi) is 10.8. The summed E-state index contributed by atoms with van der Waals surface area (Å²) >= 11 is 0. The Bertz CT molecular complexity index is 1160. The molecule has 238 valence electrons. The monoisotopic (exact) mass is 599 g/mol. The summed E-state index contributed by atoms with van der Waals surface area (Å²) in [5.41, 5.74) is 7.70. The van der Waals surface area contributed by atoms with Crippen molar-refractivity contribution in [1.82, 2.24) is 0 Å². The molecule has 0 saturated carbocycles. The normalized spacial score (nSPS) is 14.8. The van der Waals surface area contributed by atoms with Gasteiger partial charge in [-0.15, -0.1) is 0 Å². The SMILES string of the molecule is CCCCC(CC)C(c1c(C)cc(C(C)(C)C)cc1C(C)(C)C)(c1c(C)cc(C(C)(C)C)cc1C(C)(C)C)[P+](O)(O)O. The summed E-state index contributed by atoms with van der Waals surface area (Å²) in [7, 11) is -4.57. The maximum absolute atomic E-state index is 12.1. The van der Waals surface area contributed by atoms with Gasteiger partial charge in [0.25, 0.3) is 0 Å². The third-order valence-electron chi connectivity index (χ3n) is 9.24. The molecule has 3 nitrogen and oxygen atoms in total. The van der Waals surface area contributed by atoms with Crippen molar-refractivity contribution in [3.8, 4) is 0 Å².